The van der Waals surface area contributed by atoms with E-state index in [4.69, 9.17) is 0 Å². The molecule has 1 saturated heterocycles. The standard InChI is InChI=1S/C15H23NO/c1-12-9-10-16-14(11-12)15(17)8-7-13-5-3-2-4-6-13/h2-6,12,14-17H,7-11H2,1H3. The number of benzene rings is 1. The molecule has 2 N–H and O–H groups in total. The summed E-state index contributed by atoms with van der Waals surface area (Å²) in [7, 11) is 0. The summed E-state index contributed by atoms with van der Waals surface area (Å²) in [5.41, 5.74) is 1.32. The molecule has 0 bridgehead atoms. The van der Waals surface area contributed by atoms with E-state index in [2.05, 4.69) is 36.5 Å². The first-order valence-electron chi connectivity index (χ1n) is 6.71. The van der Waals surface area contributed by atoms with Crippen molar-refractivity contribution in [3.8, 4) is 0 Å². The van der Waals surface area contributed by atoms with Crippen LogP contribution in [-0.2, 0) is 6.42 Å². The number of piperidine rings is 1. The molecule has 0 aromatic heterocycles. The van der Waals surface area contributed by atoms with E-state index in [0.717, 1.165) is 31.7 Å². The highest BCUT2D eigenvalue weighted by atomic mass is 16.3. The summed E-state index contributed by atoms with van der Waals surface area (Å²) >= 11 is 0. The molecule has 3 unspecified atom stereocenters. The fourth-order valence-electron chi connectivity index (χ4n) is 2.60. The van der Waals surface area contributed by atoms with Gasteiger partial charge in [-0.2, -0.15) is 0 Å². The number of rotatable bonds is 4. The Morgan fingerprint density at radius 2 is 2.12 bits per heavy atom. The lowest BCUT2D eigenvalue weighted by molar-refractivity contribution is 0.0937. The fraction of sp³-hybridized carbons (Fsp3) is 0.600. The van der Waals surface area contributed by atoms with Gasteiger partial charge in [-0.1, -0.05) is 37.3 Å². The van der Waals surface area contributed by atoms with Crippen molar-refractivity contribution < 1.29 is 5.11 Å². The molecule has 17 heavy (non-hydrogen) atoms. The second kappa shape index (κ2) is 6.18. The third-order valence-electron chi connectivity index (χ3n) is 3.74. The summed E-state index contributed by atoms with van der Waals surface area (Å²) in [6.07, 6.45) is 3.96. The van der Waals surface area contributed by atoms with E-state index < -0.39 is 0 Å². The Morgan fingerprint density at radius 1 is 1.35 bits per heavy atom. The molecule has 1 heterocycles. The molecule has 2 rings (SSSR count). The summed E-state index contributed by atoms with van der Waals surface area (Å²) < 4.78 is 0. The maximum atomic E-state index is 10.2. The first kappa shape index (κ1) is 12.6. The molecule has 1 aromatic rings. The van der Waals surface area contributed by atoms with Gasteiger partial charge in [0.25, 0.3) is 0 Å². The van der Waals surface area contributed by atoms with Crippen molar-refractivity contribution in [2.24, 2.45) is 5.92 Å². The van der Waals surface area contributed by atoms with Gasteiger partial charge < -0.3 is 10.4 Å². The molecule has 0 amide bonds. The Kier molecular flexibility index (Phi) is 4.57. The van der Waals surface area contributed by atoms with E-state index in [1.807, 2.05) is 6.07 Å². The fourth-order valence-corrected chi connectivity index (χ4v) is 2.60. The van der Waals surface area contributed by atoms with Crippen LogP contribution in [-0.4, -0.2) is 23.8 Å². The second-order valence-electron chi connectivity index (χ2n) is 5.28. The zero-order chi connectivity index (χ0) is 12.1. The molecule has 0 saturated carbocycles. The molecular formula is C15H23NO. The van der Waals surface area contributed by atoms with Crippen LogP contribution in [0.15, 0.2) is 30.3 Å². The lowest BCUT2D eigenvalue weighted by Gasteiger charge is -2.31. The van der Waals surface area contributed by atoms with E-state index in [-0.39, 0.29) is 6.10 Å². The first-order chi connectivity index (χ1) is 8.25. The molecule has 1 aromatic carbocycles. The van der Waals surface area contributed by atoms with Gasteiger partial charge in [-0.05, 0) is 43.7 Å². The third kappa shape index (κ3) is 3.83. The number of aliphatic hydroxyl groups is 1. The van der Waals surface area contributed by atoms with Crippen molar-refractivity contribution in [1.29, 1.82) is 0 Å². The molecule has 2 heteroatoms. The summed E-state index contributed by atoms with van der Waals surface area (Å²) in [6.45, 7) is 3.33. The lowest BCUT2D eigenvalue weighted by atomic mass is 9.89. The van der Waals surface area contributed by atoms with Gasteiger partial charge >= 0.3 is 0 Å². The minimum Gasteiger partial charge on any atom is -0.391 e. The van der Waals surface area contributed by atoms with Gasteiger partial charge in [-0.25, -0.2) is 0 Å². The largest absolute Gasteiger partial charge is 0.391 e. The lowest BCUT2D eigenvalue weighted by Crippen LogP contribution is -2.45. The Labute approximate surface area is 104 Å². The van der Waals surface area contributed by atoms with Crippen LogP contribution in [0.1, 0.15) is 31.7 Å². The molecular weight excluding hydrogens is 210 g/mol. The second-order valence-corrected chi connectivity index (χ2v) is 5.28. The highest BCUT2D eigenvalue weighted by molar-refractivity contribution is 5.14. The van der Waals surface area contributed by atoms with Crippen molar-refractivity contribution >= 4 is 0 Å². The van der Waals surface area contributed by atoms with Gasteiger partial charge in [0.1, 0.15) is 0 Å². The van der Waals surface area contributed by atoms with Gasteiger partial charge in [0.2, 0.25) is 0 Å². The van der Waals surface area contributed by atoms with Crippen LogP contribution >= 0.6 is 0 Å². The summed E-state index contributed by atoms with van der Waals surface area (Å²) in [4.78, 5) is 0. The minimum absolute atomic E-state index is 0.210. The molecule has 1 aliphatic rings. The van der Waals surface area contributed by atoms with Gasteiger partial charge in [0.05, 0.1) is 6.10 Å². The Balaban J connectivity index is 1.79. The molecule has 1 fully saturated rings. The number of hydrogen-bond acceptors (Lipinski definition) is 2. The number of aryl methyl sites for hydroxylation is 1. The summed E-state index contributed by atoms with van der Waals surface area (Å²) in [5, 5.41) is 13.6. The minimum atomic E-state index is -0.210. The highest BCUT2D eigenvalue weighted by Crippen LogP contribution is 2.19. The zero-order valence-electron chi connectivity index (χ0n) is 10.6. The van der Waals surface area contributed by atoms with Crippen LogP contribution in [0.2, 0.25) is 0 Å². The molecule has 0 radical (unpaired) electrons. The molecule has 94 valence electrons. The van der Waals surface area contributed by atoms with Crippen LogP contribution in [0, 0.1) is 5.92 Å². The normalized spacial score (nSPS) is 26.7. The van der Waals surface area contributed by atoms with Crippen LogP contribution < -0.4 is 5.32 Å². The van der Waals surface area contributed by atoms with Crippen molar-refractivity contribution in [2.45, 2.75) is 44.8 Å². The van der Waals surface area contributed by atoms with E-state index in [1.54, 1.807) is 0 Å². The topological polar surface area (TPSA) is 32.3 Å². The summed E-state index contributed by atoms with van der Waals surface area (Å²) in [6, 6.07) is 10.7. The smallest absolute Gasteiger partial charge is 0.0696 e. The van der Waals surface area contributed by atoms with Gasteiger partial charge in [-0.15, -0.1) is 0 Å². The van der Waals surface area contributed by atoms with Crippen LogP contribution in [0.25, 0.3) is 0 Å². The predicted octanol–water partition coefficient (Wildman–Crippen LogP) is 2.37. The molecule has 0 aliphatic carbocycles. The maximum absolute atomic E-state index is 10.2. The number of nitrogens with one attached hydrogen (secondary N) is 1. The van der Waals surface area contributed by atoms with Crippen LogP contribution in [0.3, 0.4) is 0 Å². The summed E-state index contributed by atoms with van der Waals surface area (Å²) in [5.74, 6) is 0.743. The van der Waals surface area contributed by atoms with E-state index in [9.17, 15) is 5.11 Å². The Morgan fingerprint density at radius 3 is 2.82 bits per heavy atom. The van der Waals surface area contributed by atoms with Crippen molar-refractivity contribution in [1.82, 2.24) is 5.32 Å². The van der Waals surface area contributed by atoms with E-state index in [0.29, 0.717) is 6.04 Å². The highest BCUT2D eigenvalue weighted by Gasteiger charge is 2.24. The zero-order valence-corrected chi connectivity index (χ0v) is 10.6. The average Bonchev–Trinajstić information content (AvgIpc) is 2.37. The van der Waals surface area contributed by atoms with E-state index in [1.165, 1.54) is 12.0 Å². The maximum Gasteiger partial charge on any atom is 0.0696 e. The quantitative estimate of drug-likeness (QED) is 0.837. The Bertz CT molecular complexity index is 325. The molecule has 1 aliphatic heterocycles. The van der Waals surface area contributed by atoms with Crippen LogP contribution in [0.4, 0.5) is 0 Å². The third-order valence-corrected chi connectivity index (χ3v) is 3.74. The van der Waals surface area contributed by atoms with Crippen LogP contribution in [0.5, 0.6) is 0 Å². The monoisotopic (exact) mass is 233 g/mol. The van der Waals surface area contributed by atoms with Gasteiger partial charge in [0, 0.05) is 6.04 Å². The van der Waals surface area contributed by atoms with Crippen molar-refractivity contribution in [3.63, 3.8) is 0 Å². The van der Waals surface area contributed by atoms with E-state index >= 15 is 0 Å². The number of aliphatic hydroxyl groups excluding tert-OH is 1. The van der Waals surface area contributed by atoms with Crippen molar-refractivity contribution in [3.05, 3.63) is 35.9 Å². The Hall–Kier alpha value is -0.860. The van der Waals surface area contributed by atoms with Gasteiger partial charge in [0.15, 0.2) is 0 Å². The number of hydrogen-bond donors (Lipinski definition) is 2. The first-order valence-corrected chi connectivity index (χ1v) is 6.71. The average molecular weight is 233 g/mol. The molecule has 3 atom stereocenters. The van der Waals surface area contributed by atoms with Crippen molar-refractivity contribution in [2.75, 3.05) is 6.54 Å². The molecule has 2 nitrogen and oxygen atoms in total. The van der Waals surface area contributed by atoms with Gasteiger partial charge in [-0.3, -0.25) is 0 Å². The SMILES string of the molecule is CC1CCNC(C(O)CCc2ccccc2)C1. The molecule has 0 spiro atoms. The predicted molar refractivity (Wildman–Crippen MR) is 71.0 cm³/mol.